The van der Waals surface area contributed by atoms with Gasteiger partial charge >= 0.3 is 0 Å². The van der Waals surface area contributed by atoms with E-state index in [-0.39, 0.29) is 72.9 Å². The molecule has 0 saturated carbocycles. The van der Waals surface area contributed by atoms with Gasteiger partial charge in [-0.1, -0.05) is 36.4 Å². The van der Waals surface area contributed by atoms with Crippen LogP contribution >= 0.6 is 0 Å². The zero-order chi connectivity index (χ0) is 41.6. The van der Waals surface area contributed by atoms with Crippen molar-refractivity contribution >= 4 is 103 Å². The molecule has 0 bridgehead atoms. The molecule has 3 N–H and O–H groups in total. The average Bonchev–Trinajstić information content (AvgIpc) is 3.25. The third kappa shape index (κ3) is 5.25. The third-order valence-electron chi connectivity index (χ3n) is 11.3. The minimum Gasteiger partial charge on any atom is -0.323 e. The Morgan fingerprint density at radius 1 is 0.367 bits per heavy atom. The van der Waals surface area contributed by atoms with Crippen molar-refractivity contribution < 1.29 is 28.8 Å². The standard InChI is InChI=1S/C45H33N9O6/c1-4-52-37(55)25-13-7-10-22-31(19-16-28(34(22)25)40(52)58)46-43-49-44(47-32-20-17-29-35-23(32)11-8-14-26(35)38(56)53(5-2)41(29)59)51-45(50-43)48-33-21-18-30-36-24(33)12-9-15-27(36)39(57)54(6-3)42(30)60/h7-21H,4-6H2,1-3H3,(H3,46,47,48,49,50,51). The fourth-order valence-electron chi connectivity index (χ4n) is 8.53. The summed E-state index contributed by atoms with van der Waals surface area (Å²) in [5, 5.41) is 13.2. The Labute approximate surface area is 341 Å². The Balaban J connectivity index is 1.10. The summed E-state index contributed by atoms with van der Waals surface area (Å²) in [5.41, 5.74) is 3.95. The summed E-state index contributed by atoms with van der Waals surface area (Å²) in [6, 6.07) is 26.0. The number of imide groups is 3. The molecule has 15 nitrogen and oxygen atoms in total. The summed E-state index contributed by atoms with van der Waals surface area (Å²) in [5.74, 6) is -2.04. The maximum absolute atomic E-state index is 13.4. The van der Waals surface area contributed by atoms with Crippen LogP contribution in [-0.4, -0.2) is 84.7 Å². The molecule has 15 heteroatoms. The van der Waals surface area contributed by atoms with Gasteiger partial charge in [-0.3, -0.25) is 43.5 Å². The van der Waals surface area contributed by atoms with E-state index in [1.807, 2.05) is 18.2 Å². The molecule has 0 aliphatic carbocycles. The molecule has 0 atom stereocenters. The molecule has 7 aromatic rings. The Kier molecular flexibility index (Phi) is 8.17. The van der Waals surface area contributed by atoms with Gasteiger partial charge in [0.15, 0.2) is 0 Å². The predicted octanol–water partition coefficient (Wildman–Crippen LogP) is 7.41. The molecular weight excluding hydrogens is 763 g/mol. The summed E-state index contributed by atoms with van der Waals surface area (Å²) in [6.07, 6.45) is 0. The van der Waals surface area contributed by atoms with Gasteiger partial charge in [0.25, 0.3) is 35.4 Å². The quantitative estimate of drug-likeness (QED) is 0.123. The number of rotatable bonds is 9. The van der Waals surface area contributed by atoms with Crippen molar-refractivity contribution in [3.63, 3.8) is 0 Å². The van der Waals surface area contributed by atoms with Gasteiger partial charge in [-0.05, 0) is 75.4 Å². The lowest BCUT2D eigenvalue weighted by atomic mass is 9.93. The molecule has 3 aliphatic rings. The second-order valence-electron chi connectivity index (χ2n) is 14.4. The maximum Gasteiger partial charge on any atom is 0.261 e. The van der Waals surface area contributed by atoms with Crippen LogP contribution in [0.3, 0.4) is 0 Å². The number of nitrogens with one attached hydrogen (secondary N) is 3. The topological polar surface area (TPSA) is 187 Å². The van der Waals surface area contributed by atoms with Crippen molar-refractivity contribution in [3.05, 3.63) is 124 Å². The lowest BCUT2D eigenvalue weighted by Gasteiger charge is -2.27. The minimum absolute atomic E-state index is 0.0812. The highest BCUT2D eigenvalue weighted by molar-refractivity contribution is 6.29. The van der Waals surface area contributed by atoms with Crippen LogP contribution in [0.5, 0.6) is 0 Å². The second kappa shape index (κ2) is 13.5. The van der Waals surface area contributed by atoms with E-state index in [0.29, 0.717) is 82.8 Å². The van der Waals surface area contributed by atoms with Gasteiger partial charge in [0, 0.05) is 102 Å². The molecule has 6 aromatic carbocycles. The summed E-state index contributed by atoms with van der Waals surface area (Å²) in [6.45, 7) is 5.96. The first-order valence-electron chi connectivity index (χ1n) is 19.4. The number of amides is 6. The van der Waals surface area contributed by atoms with Gasteiger partial charge in [-0.25, -0.2) is 0 Å². The highest BCUT2D eigenvalue weighted by atomic mass is 16.2. The predicted molar refractivity (Wildman–Crippen MR) is 225 cm³/mol. The smallest absolute Gasteiger partial charge is 0.261 e. The van der Waals surface area contributed by atoms with E-state index in [0.717, 1.165) is 0 Å². The first-order valence-corrected chi connectivity index (χ1v) is 19.4. The molecule has 60 heavy (non-hydrogen) atoms. The Hall–Kier alpha value is -8.07. The van der Waals surface area contributed by atoms with Gasteiger partial charge in [-0.15, -0.1) is 0 Å². The van der Waals surface area contributed by atoms with Crippen LogP contribution in [0, 0.1) is 0 Å². The summed E-state index contributed by atoms with van der Waals surface area (Å²) in [4.78, 5) is 98.0. The summed E-state index contributed by atoms with van der Waals surface area (Å²) >= 11 is 0. The molecule has 4 heterocycles. The normalized spacial score (nSPS) is 14.6. The van der Waals surface area contributed by atoms with Gasteiger partial charge in [0.2, 0.25) is 17.8 Å². The van der Waals surface area contributed by atoms with Crippen LogP contribution in [0.15, 0.2) is 91.0 Å². The Morgan fingerprint density at radius 3 is 0.867 bits per heavy atom. The second-order valence-corrected chi connectivity index (χ2v) is 14.4. The highest BCUT2D eigenvalue weighted by Crippen LogP contribution is 2.39. The molecule has 10 rings (SSSR count). The van der Waals surface area contributed by atoms with Crippen molar-refractivity contribution in [1.29, 1.82) is 0 Å². The molecule has 294 valence electrons. The summed E-state index contributed by atoms with van der Waals surface area (Å²) in [7, 11) is 0. The highest BCUT2D eigenvalue weighted by Gasteiger charge is 2.35. The van der Waals surface area contributed by atoms with Crippen LogP contribution < -0.4 is 16.0 Å². The zero-order valence-electron chi connectivity index (χ0n) is 32.4. The number of nitrogens with zero attached hydrogens (tertiary/aromatic N) is 6. The van der Waals surface area contributed by atoms with E-state index in [4.69, 9.17) is 15.0 Å². The molecular formula is C45H33N9O6. The molecule has 3 aliphatic heterocycles. The first kappa shape index (κ1) is 36.3. The fraction of sp³-hybridized carbons (Fsp3) is 0.133. The van der Waals surface area contributed by atoms with Crippen LogP contribution in [-0.2, 0) is 0 Å². The largest absolute Gasteiger partial charge is 0.323 e. The molecule has 0 saturated heterocycles. The van der Waals surface area contributed by atoms with Crippen molar-refractivity contribution in [1.82, 2.24) is 29.7 Å². The lowest BCUT2D eigenvalue weighted by molar-refractivity contribution is 0.0603. The average molecular weight is 796 g/mol. The number of carbonyl (C=O) groups is 6. The zero-order valence-corrected chi connectivity index (χ0v) is 32.4. The number of carbonyl (C=O) groups excluding carboxylic acids is 6. The number of hydrogen-bond acceptors (Lipinski definition) is 12. The van der Waals surface area contributed by atoms with Gasteiger partial charge in [0.05, 0.1) is 0 Å². The molecule has 6 amide bonds. The van der Waals surface area contributed by atoms with Gasteiger partial charge < -0.3 is 16.0 Å². The van der Waals surface area contributed by atoms with E-state index < -0.39 is 0 Å². The Bertz CT molecular complexity index is 2740. The van der Waals surface area contributed by atoms with Crippen LogP contribution in [0.2, 0.25) is 0 Å². The van der Waals surface area contributed by atoms with Crippen molar-refractivity contribution in [2.24, 2.45) is 0 Å². The number of benzene rings is 6. The van der Waals surface area contributed by atoms with Crippen molar-refractivity contribution in [3.8, 4) is 0 Å². The minimum atomic E-state index is -0.380. The fourth-order valence-corrected chi connectivity index (χ4v) is 8.53. The Morgan fingerprint density at radius 2 is 0.617 bits per heavy atom. The molecule has 0 unspecified atom stereocenters. The molecule has 0 spiro atoms. The van der Waals surface area contributed by atoms with Gasteiger partial charge in [-0.2, -0.15) is 15.0 Å². The summed E-state index contributed by atoms with van der Waals surface area (Å²) < 4.78 is 0. The van der Waals surface area contributed by atoms with E-state index in [2.05, 4.69) is 16.0 Å². The monoisotopic (exact) mass is 795 g/mol. The number of hydrogen-bond donors (Lipinski definition) is 3. The third-order valence-corrected chi connectivity index (χ3v) is 11.3. The van der Waals surface area contributed by atoms with Gasteiger partial charge in [0.1, 0.15) is 0 Å². The van der Waals surface area contributed by atoms with E-state index in [9.17, 15) is 28.8 Å². The molecule has 1 aromatic heterocycles. The SMILES string of the molecule is CCN1C(=O)c2cccc3c(Nc4nc(Nc5ccc6c7c(cccc57)C(=O)N(CC)C6=O)nc(Nc5ccc6c7c(cccc57)C(=O)N(CC)C6=O)n4)ccc(c23)C1=O. The molecule has 0 fully saturated rings. The van der Waals surface area contributed by atoms with Crippen LogP contribution in [0.4, 0.5) is 34.9 Å². The number of anilines is 6. The number of aromatic nitrogens is 3. The lowest BCUT2D eigenvalue weighted by Crippen LogP contribution is -2.40. The maximum atomic E-state index is 13.4. The van der Waals surface area contributed by atoms with Crippen molar-refractivity contribution in [2.75, 3.05) is 35.6 Å². The molecule has 0 radical (unpaired) electrons. The van der Waals surface area contributed by atoms with Crippen LogP contribution in [0.1, 0.15) is 82.9 Å². The van der Waals surface area contributed by atoms with Crippen molar-refractivity contribution in [2.45, 2.75) is 20.8 Å². The van der Waals surface area contributed by atoms with E-state index >= 15 is 0 Å². The first-order chi connectivity index (χ1) is 29.1. The van der Waals surface area contributed by atoms with E-state index in [1.54, 1.807) is 93.6 Å². The van der Waals surface area contributed by atoms with E-state index in [1.165, 1.54) is 14.7 Å². The van der Waals surface area contributed by atoms with Crippen LogP contribution in [0.25, 0.3) is 32.3 Å².